The van der Waals surface area contributed by atoms with Crippen LogP contribution in [0.2, 0.25) is 0 Å². The summed E-state index contributed by atoms with van der Waals surface area (Å²) in [5.74, 6) is 0.875. The number of aromatic nitrogens is 1. The fourth-order valence-electron chi connectivity index (χ4n) is 1.11. The van der Waals surface area contributed by atoms with E-state index in [0.717, 1.165) is 10.4 Å². The van der Waals surface area contributed by atoms with Gasteiger partial charge in [-0.05, 0) is 23.5 Å². The van der Waals surface area contributed by atoms with E-state index in [4.69, 9.17) is 4.52 Å². The van der Waals surface area contributed by atoms with Gasteiger partial charge in [0.15, 0.2) is 5.76 Å². The van der Waals surface area contributed by atoms with Crippen LogP contribution in [0.4, 0.5) is 0 Å². The van der Waals surface area contributed by atoms with Crippen LogP contribution in [-0.4, -0.2) is 11.6 Å². The van der Waals surface area contributed by atoms with Crippen molar-refractivity contribution in [2.45, 2.75) is 6.92 Å². The van der Waals surface area contributed by atoms with Crippen LogP contribution in [0.25, 0.3) is 10.6 Å². The Kier molecular flexibility index (Phi) is 2.32. The number of rotatable bonds is 3. The Labute approximate surface area is 84.1 Å². The van der Waals surface area contributed by atoms with E-state index < -0.39 is 0 Å². The van der Waals surface area contributed by atoms with E-state index in [1.807, 2.05) is 17.5 Å². The van der Waals surface area contributed by atoms with E-state index in [2.05, 4.69) is 9.89 Å². The van der Waals surface area contributed by atoms with Crippen LogP contribution < -0.4 is 4.74 Å². The molecule has 2 aromatic heterocycles. The number of carbonyl (C=O) groups excluding carboxylic acids is 1. The lowest BCUT2D eigenvalue weighted by atomic mass is 10.2. The number of ether oxygens (including phenoxy) is 1. The first-order chi connectivity index (χ1) is 6.83. The lowest BCUT2D eigenvalue weighted by Gasteiger charge is -1.91. The van der Waals surface area contributed by atoms with Crippen LogP contribution in [0.3, 0.4) is 0 Å². The Bertz CT molecular complexity index is 433. The molecule has 0 aromatic carbocycles. The summed E-state index contributed by atoms with van der Waals surface area (Å²) in [5.41, 5.74) is 0.736. The minimum atomic E-state index is 0.225. The number of nitrogens with zero attached hydrogens (tertiary/aromatic N) is 1. The van der Waals surface area contributed by atoms with Crippen molar-refractivity contribution in [3.63, 3.8) is 0 Å². The first kappa shape index (κ1) is 8.96. The summed E-state index contributed by atoms with van der Waals surface area (Å²) in [7, 11) is 0. The number of thiophene rings is 1. The van der Waals surface area contributed by atoms with Crippen LogP contribution in [0.1, 0.15) is 5.56 Å². The highest BCUT2D eigenvalue weighted by Crippen LogP contribution is 2.32. The van der Waals surface area contributed by atoms with Crippen LogP contribution in [0.5, 0.6) is 5.88 Å². The Morgan fingerprint density at radius 2 is 2.50 bits per heavy atom. The number of carbonyl (C=O) groups is 1. The van der Waals surface area contributed by atoms with Gasteiger partial charge in [-0.1, -0.05) is 6.07 Å². The first-order valence-corrected chi connectivity index (χ1v) is 4.81. The molecule has 0 aliphatic carbocycles. The molecule has 2 aromatic rings. The molecule has 0 atom stereocenters. The molecule has 0 fully saturated rings. The lowest BCUT2D eigenvalue weighted by molar-refractivity contribution is -0.121. The van der Waals surface area contributed by atoms with Gasteiger partial charge in [-0.2, -0.15) is 0 Å². The highest BCUT2D eigenvalue weighted by molar-refractivity contribution is 7.13. The third-order valence-corrected chi connectivity index (χ3v) is 2.65. The SMILES string of the molecule is Cc1c(OC=O)noc1-c1cccs1. The fraction of sp³-hybridized carbons (Fsp3) is 0.111. The van der Waals surface area contributed by atoms with Crippen molar-refractivity contribution in [1.29, 1.82) is 0 Å². The van der Waals surface area contributed by atoms with Gasteiger partial charge >= 0.3 is 0 Å². The van der Waals surface area contributed by atoms with E-state index >= 15 is 0 Å². The van der Waals surface area contributed by atoms with Crippen LogP contribution in [0, 0.1) is 6.92 Å². The summed E-state index contributed by atoms with van der Waals surface area (Å²) < 4.78 is 9.70. The maximum Gasteiger partial charge on any atom is 0.299 e. The van der Waals surface area contributed by atoms with Gasteiger partial charge in [0.05, 0.1) is 10.4 Å². The average molecular weight is 209 g/mol. The highest BCUT2D eigenvalue weighted by atomic mass is 32.1. The van der Waals surface area contributed by atoms with Crippen molar-refractivity contribution >= 4 is 17.8 Å². The predicted molar refractivity (Wildman–Crippen MR) is 51.2 cm³/mol. The van der Waals surface area contributed by atoms with Crippen molar-refractivity contribution in [3.8, 4) is 16.5 Å². The summed E-state index contributed by atoms with van der Waals surface area (Å²) >= 11 is 1.54. The molecule has 0 amide bonds. The van der Waals surface area contributed by atoms with Gasteiger partial charge in [0.2, 0.25) is 0 Å². The standard InChI is InChI=1S/C9H7NO3S/c1-6-8(7-3-2-4-14-7)13-10-9(6)12-5-11/h2-5H,1H3. The maximum absolute atomic E-state index is 10.1. The normalized spacial score (nSPS) is 10.1. The molecule has 14 heavy (non-hydrogen) atoms. The van der Waals surface area contributed by atoms with E-state index in [9.17, 15) is 4.79 Å². The van der Waals surface area contributed by atoms with Gasteiger partial charge in [0.1, 0.15) is 0 Å². The van der Waals surface area contributed by atoms with Crippen LogP contribution >= 0.6 is 11.3 Å². The van der Waals surface area contributed by atoms with Gasteiger partial charge in [0.25, 0.3) is 12.4 Å². The van der Waals surface area contributed by atoms with Crippen LogP contribution in [-0.2, 0) is 4.79 Å². The van der Waals surface area contributed by atoms with Crippen LogP contribution in [0.15, 0.2) is 22.0 Å². The third kappa shape index (κ3) is 1.42. The molecule has 4 nitrogen and oxygen atoms in total. The smallest absolute Gasteiger partial charge is 0.299 e. The first-order valence-electron chi connectivity index (χ1n) is 3.93. The van der Waals surface area contributed by atoms with Crippen molar-refractivity contribution in [3.05, 3.63) is 23.1 Å². The van der Waals surface area contributed by atoms with Gasteiger partial charge < -0.3 is 9.26 Å². The molecule has 0 saturated carbocycles. The second-order valence-electron chi connectivity index (χ2n) is 2.63. The zero-order chi connectivity index (χ0) is 9.97. The average Bonchev–Trinajstić information content (AvgIpc) is 2.77. The van der Waals surface area contributed by atoms with Crippen molar-refractivity contribution in [1.82, 2.24) is 5.16 Å². The van der Waals surface area contributed by atoms with Gasteiger partial charge in [-0.3, -0.25) is 4.79 Å². The second kappa shape index (κ2) is 3.63. The summed E-state index contributed by atoms with van der Waals surface area (Å²) in [6, 6.07) is 3.84. The topological polar surface area (TPSA) is 52.3 Å². The van der Waals surface area contributed by atoms with Crippen molar-refractivity contribution < 1.29 is 14.1 Å². The largest absolute Gasteiger partial charge is 0.406 e. The van der Waals surface area contributed by atoms with E-state index in [1.165, 1.54) is 0 Å². The molecule has 0 aliphatic heterocycles. The zero-order valence-electron chi connectivity index (χ0n) is 7.39. The zero-order valence-corrected chi connectivity index (χ0v) is 8.21. The van der Waals surface area contributed by atoms with Gasteiger partial charge in [0, 0.05) is 0 Å². The second-order valence-corrected chi connectivity index (χ2v) is 3.58. The van der Waals surface area contributed by atoms with E-state index in [-0.39, 0.29) is 5.88 Å². The summed E-state index contributed by atoms with van der Waals surface area (Å²) in [6.07, 6.45) is 0. The van der Waals surface area contributed by atoms with Crippen molar-refractivity contribution in [2.24, 2.45) is 0 Å². The predicted octanol–water partition coefficient (Wildman–Crippen LogP) is 2.25. The quantitative estimate of drug-likeness (QED) is 0.727. The molecular formula is C9H7NO3S. The molecule has 0 N–H and O–H groups in total. The Balaban J connectivity index is 2.41. The molecule has 72 valence electrons. The van der Waals surface area contributed by atoms with E-state index in [0.29, 0.717) is 12.2 Å². The number of hydrogen-bond acceptors (Lipinski definition) is 5. The molecular weight excluding hydrogens is 202 g/mol. The molecule has 2 heterocycles. The fourth-order valence-corrected chi connectivity index (χ4v) is 1.87. The molecule has 0 unspecified atom stereocenters. The summed E-state index contributed by atoms with van der Waals surface area (Å²) in [4.78, 5) is 11.1. The molecule has 0 spiro atoms. The number of hydrogen-bond donors (Lipinski definition) is 0. The van der Waals surface area contributed by atoms with Crippen molar-refractivity contribution in [2.75, 3.05) is 0 Å². The Morgan fingerprint density at radius 3 is 3.14 bits per heavy atom. The lowest BCUT2D eigenvalue weighted by Crippen LogP contribution is -1.89. The maximum atomic E-state index is 10.1. The minimum Gasteiger partial charge on any atom is -0.406 e. The molecule has 0 saturated heterocycles. The summed E-state index contributed by atoms with van der Waals surface area (Å²) in [5, 5.41) is 5.58. The monoisotopic (exact) mass is 209 g/mol. The highest BCUT2D eigenvalue weighted by Gasteiger charge is 2.15. The molecule has 0 bridgehead atoms. The van der Waals surface area contributed by atoms with Gasteiger partial charge in [-0.15, -0.1) is 11.3 Å². The molecule has 0 radical (unpaired) electrons. The Morgan fingerprint density at radius 1 is 1.64 bits per heavy atom. The summed E-state index contributed by atoms with van der Waals surface area (Å²) in [6.45, 7) is 2.13. The third-order valence-electron chi connectivity index (χ3n) is 1.79. The molecule has 2 rings (SSSR count). The minimum absolute atomic E-state index is 0.225. The van der Waals surface area contributed by atoms with E-state index in [1.54, 1.807) is 18.3 Å². The molecule has 5 heteroatoms. The Hall–Kier alpha value is -1.62. The molecule has 0 aliphatic rings. The van der Waals surface area contributed by atoms with Gasteiger partial charge in [-0.25, -0.2) is 0 Å².